The van der Waals surface area contributed by atoms with Crippen LogP contribution in [0.25, 0.3) is 0 Å². The zero-order valence-corrected chi connectivity index (χ0v) is 5.63. The van der Waals surface area contributed by atoms with E-state index in [0.717, 1.165) is 19.5 Å². The third-order valence-electron chi connectivity index (χ3n) is 1.40. The third-order valence-corrected chi connectivity index (χ3v) is 1.40. The van der Waals surface area contributed by atoms with Gasteiger partial charge in [0.25, 0.3) is 0 Å². The van der Waals surface area contributed by atoms with Crippen molar-refractivity contribution < 1.29 is 9.84 Å². The van der Waals surface area contributed by atoms with Crippen LogP contribution in [0.15, 0.2) is 0 Å². The van der Waals surface area contributed by atoms with Crippen LogP contribution >= 0.6 is 0 Å². The Hall–Kier alpha value is -0.120. The van der Waals surface area contributed by atoms with Crippen molar-refractivity contribution in [1.82, 2.24) is 5.32 Å². The van der Waals surface area contributed by atoms with Crippen molar-refractivity contribution in [2.75, 3.05) is 13.1 Å². The smallest absolute Gasteiger partial charge is 0.152 e. The van der Waals surface area contributed by atoms with Crippen LogP contribution < -0.4 is 5.32 Å². The Kier molecular flexibility index (Phi) is 2.45. The van der Waals surface area contributed by atoms with Crippen molar-refractivity contribution in [3.05, 3.63) is 0 Å². The largest absolute Gasteiger partial charge is 0.368 e. The van der Waals surface area contributed by atoms with E-state index in [-0.39, 0.29) is 6.10 Å². The molecule has 1 saturated heterocycles. The lowest BCUT2D eigenvalue weighted by atomic mass is 10.3. The van der Waals surface area contributed by atoms with Gasteiger partial charge in [0, 0.05) is 6.54 Å². The summed E-state index contributed by atoms with van der Waals surface area (Å²) in [4.78, 5) is 0. The molecule has 1 heterocycles. The summed E-state index contributed by atoms with van der Waals surface area (Å²) >= 11 is 0. The summed E-state index contributed by atoms with van der Waals surface area (Å²) in [5.41, 5.74) is 0. The van der Waals surface area contributed by atoms with Crippen LogP contribution in [-0.2, 0) is 4.74 Å². The normalized spacial score (nSPS) is 30.7. The molecule has 0 aromatic carbocycles. The lowest BCUT2D eigenvalue weighted by Crippen LogP contribution is -2.21. The SMILES string of the molecule is CC(O)OC1CCNC1. The van der Waals surface area contributed by atoms with Gasteiger partial charge in [-0.3, -0.25) is 0 Å². The molecule has 2 unspecified atom stereocenters. The minimum atomic E-state index is -0.616. The quantitative estimate of drug-likeness (QED) is 0.506. The molecule has 1 aliphatic rings. The van der Waals surface area contributed by atoms with Gasteiger partial charge in [-0.15, -0.1) is 0 Å². The maximum atomic E-state index is 8.76. The average molecular weight is 131 g/mol. The van der Waals surface area contributed by atoms with E-state index in [1.165, 1.54) is 0 Å². The van der Waals surface area contributed by atoms with Gasteiger partial charge in [-0.2, -0.15) is 0 Å². The van der Waals surface area contributed by atoms with Crippen LogP contribution in [0.3, 0.4) is 0 Å². The number of aliphatic hydroxyl groups excluding tert-OH is 1. The van der Waals surface area contributed by atoms with Crippen molar-refractivity contribution >= 4 is 0 Å². The van der Waals surface area contributed by atoms with Gasteiger partial charge in [-0.25, -0.2) is 0 Å². The van der Waals surface area contributed by atoms with Gasteiger partial charge in [-0.1, -0.05) is 0 Å². The molecule has 2 N–H and O–H groups in total. The van der Waals surface area contributed by atoms with Crippen LogP contribution in [0, 0.1) is 0 Å². The summed E-state index contributed by atoms with van der Waals surface area (Å²) in [5, 5.41) is 11.9. The second kappa shape index (κ2) is 3.15. The van der Waals surface area contributed by atoms with Crippen LogP contribution in [0.1, 0.15) is 13.3 Å². The predicted molar refractivity (Wildman–Crippen MR) is 34.0 cm³/mol. The van der Waals surface area contributed by atoms with Gasteiger partial charge in [0.05, 0.1) is 6.10 Å². The third kappa shape index (κ3) is 2.30. The van der Waals surface area contributed by atoms with Gasteiger partial charge < -0.3 is 15.2 Å². The number of ether oxygens (including phenoxy) is 1. The topological polar surface area (TPSA) is 41.5 Å². The minimum Gasteiger partial charge on any atom is -0.368 e. The van der Waals surface area contributed by atoms with E-state index in [1.54, 1.807) is 6.92 Å². The molecule has 2 atom stereocenters. The van der Waals surface area contributed by atoms with E-state index < -0.39 is 6.29 Å². The van der Waals surface area contributed by atoms with E-state index in [0.29, 0.717) is 0 Å². The Morgan fingerprint density at radius 3 is 3.00 bits per heavy atom. The number of nitrogens with one attached hydrogen (secondary N) is 1. The second-order valence-electron chi connectivity index (χ2n) is 2.35. The van der Waals surface area contributed by atoms with E-state index in [4.69, 9.17) is 9.84 Å². The van der Waals surface area contributed by atoms with Crippen LogP contribution in [0.2, 0.25) is 0 Å². The Morgan fingerprint density at radius 1 is 1.78 bits per heavy atom. The number of hydrogen-bond donors (Lipinski definition) is 2. The fourth-order valence-corrected chi connectivity index (χ4v) is 1.02. The molecule has 0 spiro atoms. The van der Waals surface area contributed by atoms with E-state index in [1.807, 2.05) is 0 Å². The first kappa shape index (κ1) is 6.99. The van der Waals surface area contributed by atoms with Crippen molar-refractivity contribution in [3.8, 4) is 0 Å². The molecular formula is C6H13NO2. The number of hydrogen-bond acceptors (Lipinski definition) is 3. The molecule has 0 aliphatic carbocycles. The van der Waals surface area contributed by atoms with Crippen molar-refractivity contribution in [2.45, 2.75) is 25.7 Å². The molecule has 0 radical (unpaired) electrons. The molecule has 0 bridgehead atoms. The van der Waals surface area contributed by atoms with Gasteiger partial charge in [0.15, 0.2) is 6.29 Å². The summed E-state index contributed by atoms with van der Waals surface area (Å²) in [6.45, 7) is 3.53. The first-order valence-corrected chi connectivity index (χ1v) is 3.33. The summed E-state index contributed by atoms with van der Waals surface area (Å²) < 4.78 is 5.10. The average Bonchev–Trinajstić information content (AvgIpc) is 2.15. The van der Waals surface area contributed by atoms with Crippen molar-refractivity contribution in [3.63, 3.8) is 0 Å². The highest BCUT2D eigenvalue weighted by molar-refractivity contribution is 4.70. The van der Waals surface area contributed by atoms with E-state index in [2.05, 4.69) is 5.32 Å². The zero-order valence-electron chi connectivity index (χ0n) is 5.63. The molecule has 1 aliphatic heterocycles. The predicted octanol–water partition coefficient (Wildman–Crippen LogP) is -0.297. The van der Waals surface area contributed by atoms with Crippen LogP contribution in [0.4, 0.5) is 0 Å². The number of aliphatic hydroxyl groups is 1. The summed E-state index contributed by atoms with van der Waals surface area (Å²) in [6.07, 6.45) is 0.630. The van der Waals surface area contributed by atoms with Gasteiger partial charge >= 0.3 is 0 Å². The zero-order chi connectivity index (χ0) is 6.69. The molecule has 0 aromatic rings. The lowest BCUT2D eigenvalue weighted by molar-refractivity contribution is -0.117. The van der Waals surface area contributed by atoms with Crippen molar-refractivity contribution in [2.24, 2.45) is 0 Å². The van der Waals surface area contributed by atoms with Gasteiger partial charge in [-0.05, 0) is 19.9 Å². The van der Waals surface area contributed by atoms with E-state index in [9.17, 15) is 0 Å². The highest BCUT2D eigenvalue weighted by Gasteiger charge is 2.15. The molecular weight excluding hydrogens is 118 g/mol. The summed E-state index contributed by atoms with van der Waals surface area (Å²) in [5.74, 6) is 0. The molecule has 3 nitrogen and oxygen atoms in total. The molecule has 3 heteroatoms. The monoisotopic (exact) mass is 131 g/mol. The fraction of sp³-hybridized carbons (Fsp3) is 1.00. The Morgan fingerprint density at radius 2 is 2.56 bits per heavy atom. The first-order chi connectivity index (χ1) is 4.29. The Balaban J connectivity index is 2.11. The second-order valence-corrected chi connectivity index (χ2v) is 2.35. The van der Waals surface area contributed by atoms with Crippen LogP contribution in [-0.4, -0.2) is 30.6 Å². The Labute approximate surface area is 55.0 Å². The molecule has 1 rings (SSSR count). The maximum Gasteiger partial charge on any atom is 0.152 e. The molecule has 9 heavy (non-hydrogen) atoms. The molecule has 1 fully saturated rings. The van der Waals surface area contributed by atoms with Gasteiger partial charge in [0.2, 0.25) is 0 Å². The summed E-state index contributed by atoms with van der Waals surface area (Å²) in [6, 6.07) is 0. The summed E-state index contributed by atoms with van der Waals surface area (Å²) in [7, 11) is 0. The molecule has 0 aromatic heterocycles. The van der Waals surface area contributed by atoms with E-state index >= 15 is 0 Å². The van der Waals surface area contributed by atoms with Crippen LogP contribution in [0.5, 0.6) is 0 Å². The molecule has 0 amide bonds. The maximum absolute atomic E-state index is 8.76. The number of rotatable bonds is 2. The minimum absolute atomic E-state index is 0.227. The molecule has 54 valence electrons. The fourth-order valence-electron chi connectivity index (χ4n) is 1.02. The standard InChI is InChI=1S/C6H13NO2/c1-5(8)9-6-2-3-7-4-6/h5-8H,2-4H2,1H3. The Bertz CT molecular complexity index is 79.1. The molecule has 0 saturated carbocycles. The highest BCUT2D eigenvalue weighted by atomic mass is 16.6. The van der Waals surface area contributed by atoms with Crippen molar-refractivity contribution in [1.29, 1.82) is 0 Å². The highest BCUT2D eigenvalue weighted by Crippen LogP contribution is 2.04. The van der Waals surface area contributed by atoms with Gasteiger partial charge in [0.1, 0.15) is 0 Å². The lowest BCUT2D eigenvalue weighted by Gasteiger charge is -2.11. The first-order valence-electron chi connectivity index (χ1n) is 3.33.